The van der Waals surface area contributed by atoms with Gasteiger partial charge in [0.15, 0.2) is 11.0 Å². The molecule has 0 unspecified atom stereocenters. The van der Waals surface area contributed by atoms with Crippen LogP contribution in [0.15, 0.2) is 53.8 Å². The fraction of sp³-hybridized carbons (Fsp3) is 0.0952. The van der Waals surface area contributed by atoms with Gasteiger partial charge in [-0.05, 0) is 42.2 Å². The predicted octanol–water partition coefficient (Wildman–Crippen LogP) is 6.09. The number of aliphatic hydroxyl groups is 1. The minimum atomic E-state index is -0.218. The molecule has 2 aromatic carbocycles. The summed E-state index contributed by atoms with van der Waals surface area (Å²) in [5.41, 5.74) is 2.81. The second-order valence-electron chi connectivity index (χ2n) is 6.48. The van der Waals surface area contributed by atoms with Gasteiger partial charge in [-0.2, -0.15) is 4.73 Å². The molecule has 0 saturated carbocycles. The molecule has 0 amide bonds. The first-order chi connectivity index (χ1) is 14.9. The van der Waals surface area contributed by atoms with Crippen LogP contribution in [0.5, 0.6) is 0 Å². The number of aromatic nitrogens is 4. The average molecular weight is 494 g/mol. The van der Waals surface area contributed by atoms with Crippen molar-refractivity contribution in [2.24, 2.45) is 0 Å². The highest BCUT2D eigenvalue weighted by Gasteiger charge is 2.25. The van der Waals surface area contributed by atoms with Crippen LogP contribution in [-0.2, 0) is 6.61 Å². The molecule has 31 heavy (non-hydrogen) atoms. The van der Waals surface area contributed by atoms with E-state index in [0.717, 1.165) is 4.73 Å². The quantitative estimate of drug-likeness (QED) is 0.199. The van der Waals surface area contributed by atoms with Gasteiger partial charge in [0.25, 0.3) is 0 Å². The second kappa shape index (κ2) is 9.06. The summed E-state index contributed by atoms with van der Waals surface area (Å²) in [4.78, 5) is 13.4. The van der Waals surface area contributed by atoms with Crippen LogP contribution in [0, 0.1) is 0 Å². The molecule has 2 heterocycles. The first kappa shape index (κ1) is 21.9. The van der Waals surface area contributed by atoms with E-state index in [-0.39, 0.29) is 22.5 Å². The van der Waals surface area contributed by atoms with Crippen LogP contribution < -0.4 is 0 Å². The lowest BCUT2D eigenvalue weighted by Crippen LogP contribution is -1.99. The van der Waals surface area contributed by atoms with E-state index in [1.165, 1.54) is 11.8 Å². The van der Waals surface area contributed by atoms with E-state index in [9.17, 15) is 10.3 Å². The number of hydrogen-bond acceptors (Lipinski definition) is 6. The Morgan fingerprint density at radius 1 is 1.03 bits per heavy atom. The van der Waals surface area contributed by atoms with E-state index in [0.29, 0.717) is 44.0 Å². The van der Waals surface area contributed by atoms with Crippen molar-refractivity contribution in [1.82, 2.24) is 19.7 Å². The molecule has 0 saturated heterocycles. The molecule has 4 rings (SSSR count). The molecule has 0 fully saturated rings. The van der Waals surface area contributed by atoms with Gasteiger partial charge in [-0.1, -0.05) is 58.7 Å². The van der Waals surface area contributed by atoms with Gasteiger partial charge in [-0.15, -0.1) is 0 Å². The monoisotopic (exact) mass is 492 g/mol. The van der Waals surface area contributed by atoms with Crippen LogP contribution in [0.25, 0.3) is 34.0 Å². The molecule has 0 atom stereocenters. The Balaban J connectivity index is 2.02. The fourth-order valence-electron chi connectivity index (χ4n) is 3.15. The molecular weight excluding hydrogens is 479 g/mol. The average Bonchev–Trinajstić information content (AvgIpc) is 3.10. The van der Waals surface area contributed by atoms with Gasteiger partial charge in [-0.3, -0.25) is 0 Å². The van der Waals surface area contributed by atoms with Crippen molar-refractivity contribution in [2.75, 3.05) is 6.26 Å². The summed E-state index contributed by atoms with van der Waals surface area (Å²) in [6, 6.07) is 11.9. The van der Waals surface area contributed by atoms with Gasteiger partial charge >= 0.3 is 0 Å². The smallest absolute Gasteiger partial charge is 0.187 e. The van der Waals surface area contributed by atoms with E-state index in [1.807, 2.05) is 6.26 Å². The molecule has 10 heteroatoms. The Bertz CT molecular complexity index is 1260. The lowest BCUT2D eigenvalue weighted by Gasteiger charge is -2.10. The third kappa shape index (κ3) is 4.24. The number of halogens is 3. The molecule has 0 spiro atoms. The third-order valence-electron chi connectivity index (χ3n) is 4.52. The van der Waals surface area contributed by atoms with Crippen molar-refractivity contribution in [3.8, 4) is 34.0 Å². The summed E-state index contributed by atoms with van der Waals surface area (Å²) < 4.78 is 0.924. The number of rotatable bonds is 5. The zero-order valence-corrected chi connectivity index (χ0v) is 19.1. The highest BCUT2D eigenvalue weighted by atomic mass is 35.5. The van der Waals surface area contributed by atoms with Gasteiger partial charge in [0.2, 0.25) is 0 Å². The summed E-state index contributed by atoms with van der Waals surface area (Å²) in [6.07, 6.45) is 3.50. The largest absolute Gasteiger partial charge is 0.426 e. The van der Waals surface area contributed by atoms with Crippen LogP contribution in [-0.4, -0.2) is 36.3 Å². The van der Waals surface area contributed by atoms with Crippen LogP contribution in [0.2, 0.25) is 15.1 Å². The topological polar surface area (TPSA) is 84.1 Å². The lowest BCUT2D eigenvalue weighted by atomic mass is 10.1. The number of nitrogens with zero attached hydrogens (tertiary/aromatic N) is 4. The summed E-state index contributed by atoms with van der Waals surface area (Å²) in [5, 5.41) is 22.1. The van der Waals surface area contributed by atoms with Crippen molar-refractivity contribution in [3.63, 3.8) is 0 Å². The predicted molar refractivity (Wildman–Crippen MR) is 124 cm³/mol. The maximum atomic E-state index is 11.2. The van der Waals surface area contributed by atoms with Gasteiger partial charge in [0, 0.05) is 16.8 Å². The van der Waals surface area contributed by atoms with E-state index in [4.69, 9.17) is 34.8 Å². The molecule has 0 aliphatic heterocycles. The van der Waals surface area contributed by atoms with Crippen LogP contribution in [0.1, 0.15) is 5.56 Å². The zero-order valence-electron chi connectivity index (χ0n) is 16.1. The summed E-state index contributed by atoms with van der Waals surface area (Å²) >= 11 is 20.5. The van der Waals surface area contributed by atoms with Crippen LogP contribution in [0.3, 0.4) is 0 Å². The summed E-state index contributed by atoms with van der Waals surface area (Å²) in [6.45, 7) is -0.218. The maximum Gasteiger partial charge on any atom is 0.187 e. The first-order valence-corrected chi connectivity index (χ1v) is 11.3. The molecule has 0 radical (unpaired) electrons. The minimum absolute atomic E-state index is 0.133. The van der Waals surface area contributed by atoms with Crippen molar-refractivity contribution in [2.45, 2.75) is 11.8 Å². The molecule has 0 bridgehead atoms. The highest BCUT2D eigenvalue weighted by Crippen LogP contribution is 2.40. The molecule has 158 valence electrons. The Hall–Kier alpha value is -2.29. The molecule has 2 aromatic heterocycles. The Labute approximate surface area is 197 Å². The number of imidazole rings is 1. The number of benzene rings is 2. The molecule has 0 aliphatic carbocycles. The van der Waals surface area contributed by atoms with Gasteiger partial charge in [0.05, 0.1) is 27.9 Å². The number of aliphatic hydroxyl groups excluding tert-OH is 1. The molecule has 4 aromatic rings. The Kier molecular flexibility index (Phi) is 6.41. The fourth-order valence-corrected chi connectivity index (χ4v) is 4.40. The van der Waals surface area contributed by atoms with E-state index < -0.39 is 0 Å². The standard InChI is InChI=1S/C21H15Cl3N4O2S/c1-31-21-25-6-5-16(26-21)18-19(12-3-2-4-13(22)9-12)28(30)20(27-18)17-14(23)7-11(10-29)8-15(17)24/h2-9,29-30H,10H2,1H3. The highest BCUT2D eigenvalue weighted by molar-refractivity contribution is 7.98. The molecular formula is C21H15Cl3N4O2S. The molecule has 0 aliphatic rings. The normalized spacial score (nSPS) is 11.1. The maximum absolute atomic E-state index is 11.2. The van der Waals surface area contributed by atoms with Crippen molar-refractivity contribution in [3.05, 3.63) is 69.3 Å². The van der Waals surface area contributed by atoms with Crippen molar-refractivity contribution >= 4 is 46.6 Å². The number of thioether (sulfide) groups is 1. The SMILES string of the molecule is CSc1nccc(-c2nc(-c3c(Cl)cc(CO)cc3Cl)n(O)c2-c2cccc(Cl)c2)n1. The lowest BCUT2D eigenvalue weighted by molar-refractivity contribution is 0.195. The summed E-state index contributed by atoms with van der Waals surface area (Å²) in [5.74, 6) is 0.133. The Morgan fingerprint density at radius 3 is 2.42 bits per heavy atom. The third-order valence-corrected chi connectivity index (χ3v) is 5.91. The van der Waals surface area contributed by atoms with Crippen LogP contribution in [0.4, 0.5) is 0 Å². The summed E-state index contributed by atoms with van der Waals surface area (Å²) in [7, 11) is 0. The van der Waals surface area contributed by atoms with Gasteiger partial charge < -0.3 is 10.3 Å². The molecule has 2 N–H and O–H groups in total. The van der Waals surface area contributed by atoms with E-state index in [2.05, 4.69) is 15.0 Å². The van der Waals surface area contributed by atoms with Crippen molar-refractivity contribution < 1.29 is 10.3 Å². The second-order valence-corrected chi connectivity index (χ2v) is 8.50. The Morgan fingerprint density at radius 2 is 1.77 bits per heavy atom. The van der Waals surface area contributed by atoms with Gasteiger partial charge in [-0.25, -0.2) is 15.0 Å². The number of hydrogen-bond donors (Lipinski definition) is 2. The first-order valence-electron chi connectivity index (χ1n) is 8.97. The van der Waals surface area contributed by atoms with E-state index >= 15 is 0 Å². The van der Waals surface area contributed by atoms with Gasteiger partial charge in [0.1, 0.15) is 11.4 Å². The minimum Gasteiger partial charge on any atom is -0.426 e. The van der Waals surface area contributed by atoms with Crippen LogP contribution >= 0.6 is 46.6 Å². The van der Waals surface area contributed by atoms with E-state index in [1.54, 1.807) is 48.7 Å². The molecule has 6 nitrogen and oxygen atoms in total. The van der Waals surface area contributed by atoms with Crippen molar-refractivity contribution in [1.29, 1.82) is 0 Å². The zero-order chi connectivity index (χ0) is 22.1.